The van der Waals surface area contributed by atoms with Gasteiger partial charge in [-0.25, -0.2) is 0 Å². The molecule has 0 aliphatic heterocycles. The van der Waals surface area contributed by atoms with Crippen molar-refractivity contribution in [1.82, 2.24) is 14.8 Å². The maximum atomic E-state index is 11.4. The first kappa shape index (κ1) is 11.5. The molecule has 1 amide bonds. The molecule has 0 aliphatic carbocycles. The van der Waals surface area contributed by atoms with Gasteiger partial charge in [-0.2, -0.15) is 0 Å². The van der Waals surface area contributed by atoms with Gasteiger partial charge in [-0.15, -0.1) is 0 Å². The highest BCUT2D eigenvalue weighted by Crippen LogP contribution is 2.11. The average Bonchev–Trinajstić information content (AvgIpc) is 2.81. The fourth-order valence-corrected chi connectivity index (χ4v) is 1.50. The number of hydrogen-bond acceptors (Lipinski definition) is 6. The Kier molecular flexibility index (Phi) is 3.61. The maximum absolute atomic E-state index is 11.4. The second-order valence-electron chi connectivity index (χ2n) is 3.32. The van der Waals surface area contributed by atoms with Crippen LogP contribution in [0.3, 0.4) is 0 Å². The third-order valence-electron chi connectivity index (χ3n) is 1.94. The van der Waals surface area contributed by atoms with Gasteiger partial charge in [0.15, 0.2) is 6.61 Å². The molecule has 1 aromatic heterocycles. The number of rotatable bonds is 4. The van der Waals surface area contributed by atoms with E-state index < -0.39 is 0 Å². The molecule has 0 saturated carbocycles. The van der Waals surface area contributed by atoms with E-state index in [1.165, 1.54) is 0 Å². The normalized spacial score (nSPS) is 9.94. The molecule has 0 spiro atoms. The van der Waals surface area contributed by atoms with Gasteiger partial charge in [0.1, 0.15) is 5.75 Å². The molecule has 88 valence electrons. The van der Waals surface area contributed by atoms with Crippen molar-refractivity contribution in [3.8, 4) is 5.75 Å². The first-order chi connectivity index (χ1) is 8.24. The van der Waals surface area contributed by atoms with Crippen LogP contribution in [0.5, 0.6) is 5.75 Å². The third-order valence-corrected chi connectivity index (χ3v) is 2.45. The average molecular weight is 250 g/mol. The summed E-state index contributed by atoms with van der Waals surface area (Å²) in [5.74, 6) is 0.366. The van der Waals surface area contributed by atoms with Crippen LogP contribution in [0.25, 0.3) is 0 Å². The molecule has 0 aliphatic rings. The molecule has 0 radical (unpaired) electrons. The number of nitrogens with one attached hydrogen (secondary N) is 1. The second kappa shape index (κ2) is 5.35. The van der Waals surface area contributed by atoms with Crippen molar-refractivity contribution in [2.45, 2.75) is 6.92 Å². The number of aromatic nitrogens is 3. The summed E-state index contributed by atoms with van der Waals surface area (Å²) < 4.78 is 8.82. The number of amides is 1. The van der Waals surface area contributed by atoms with Crippen molar-refractivity contribution in [2.24, 2.45) is 0 Å². The molecule has 0 atom stereocenters. The SMILES string of the molecule is Cc1ccc(OCC(=O)Nc2nnns2)cc1. The molecule has 0 unspecified atom stereocenters. The van der Waals surface area contributed by atoms with Gasteiger partial charge < -0.3 is 4.74 Å². The first-order valence-electron chi connectivity index (χ1n) is 4.88. The Hall–Kier alpha value is -2.02. The van der Waals surface area contributed by atoms with E-state index in [9.17, 15) is 4.79 Å². The minimum Gasteiger partial charge on any atom is -0.484 e. The molecule has 0 saturated heterocycles. The third kappa shape index (κ3) is 3.49. The lowest BCUT2D eigenvalue weighted by Crippen LogP contribution is -2.20. The minimum absolute atomic E-state index is 0.0668. The summed E-state index contributed by atoms with van der Waals surface area (Å²) in [4.78, 5) is 11.4. The van der Waals surface area contributed by atoms with Crippen molar-refractivity contribution >= 4 is 22.6 Å². The molecule has 17 heavy (non-hydrogen) atoms. The van der Waals surface area contributed by atoms with Crippen LogP contribution in [-0.4, -0.2) is 27.3 Å². The van der Waals surface area contributed by atoms with Gasteiger partial charge in [0.25, 0.3) is 5.91 Å². The second-order valence-corrected chi connectivity index (χ2v) is 4.05. The molecule has 1 heterocycles. The number of anilines is 1. The van der Waals surface area contributed by atoms with Gasteiger partial charge in [0, 0.05) is 11.5 Å². The van der Waals surface area contributed by atoms with Crippen molar-refractivity contribution < 1.29 is 9.53 Å². The Bertz CT molecular complexity index is 484. The standard InChI is InChI=1S/C10H10N4O2S/c1-7-2-4-8(5-3-7)16-6-9(15)11-10-12-13-14-17-10/h2-5H,6H2,1H3,(H,11,12,14,15). The van der Waals surface area contributed by atoms with E-state index in [0.717, 1.165) is 17.1 Å². The first-order valence-corrected chi connectivity index (χ1v) is 5.66. The zero-order chi connectivity index (χ0) is 12.1. The molecule has 6 nitrogen and oxygen atoms in total. The molecule has 1 aromatic carbocycles. The Labute approximate surface area is 102 Å². The number of ether oxygens (including phenoxy) is 1. The summed E-state index contributed by atoms with van der Waals surface area (Å²) in [5.41, 5.74) is 1.14. The lowest BCUT2D eigenvalue weighted by Gasteiger charge is -2.05. The van der Waals surface area contributed by atoms with E-state index in [4.69, 9.17) is 4.74 Å². The van der Waals surface area contributed by atoms with Crippen molar-refractivity contribution in [2.75, 3.05) is 11.9 Å². The highest BCUT2D eigenvalue weighted by atomic mass is 32.1. The molecular weight excluding hydrogens is 240 g/mol. The van der Waals surface area contributed by atoms with Crippen LogP contribution in [0.4, 0.5) is 5.13 Å². The number of benzene rings is 1. The van der Waals surface area contributed by atoms with Gasteiger partial charge >= 0.3 is 0 Å². The fraction of sp³-hybridized carbons (Fsp3) is 0.200. The van der Waals surface area contributed by atoms with Crippen LogP contribution in [0.2, 0.25) is 0 Å². The topological polar surface area (TPSA) is 77.0 Å². The van der Waals surface area contributed by atoms with Crippen molar-refractivity contribution in [1.29, 1.82) is 0 Å². The molecule has 2 rings (SSSR count). The maximum Gasteiger partial charge on any atom is 0.264 e. The van der Waals surface area contributed by atoms with Gasteiger partial charge in [-0.3, -0.25) is 10.1 Å². The number of carbonyl (C=O) groups is 1. The lowest BCUT2D eigenvalue weighted by molar-refractivity contribution is -0.118. The lowest BCUT2D eigenvalue weighted by atomic mass is 10.2. The van der Waals surface area contributed by atoms with Crippen LogP contribution < -0.4 is 10.1 Å². The number of aryl methyl sites for hydroxylation is 1. The molecule has 2 aromatic rings. The van der Waals surface area contributed by atoms with Gasteiger partial charge in [-0.1, -0.05) is 27.3 Å². The van der Waals surface area contributed by atoms with E-state index in [2.05, 4.69) is 20.1 Å². The summed E-state index contributed by atoms with van der Waals surface area (Å²) in [6.45, 7) is 1.92. The van der Waals surface area contributed by atoms with Crippen molar-refractivity contribution in [3.63, 3.8) is 0 Å². The van der Waals surface area contributed by atoms with Gasteiger partial charge in [0.05, 0.1) is 0 Å². The predicted octanol–water partition coefficient (Wildman–Crippen LogP) is 1.26. The van der Waals surface area contributed by atoms with E-state index >= 15 is 0 Å². The van der Waals surface area contributed by atoms with Crippen molar-refractivity contribution in [3.05, 3.63) is 29.8 Å². The zero-order valence-corrected chi connectivity index (χ0v) is 9.90. The quantitative estimate of drug-likeness (QED) is 0.883. The minimum atomic E-state index is -0.288. The molecule has 1 N–H and O–H groups in total. The smallest absolute Gasteiger partial charge is 0.264 e. The Morgan fingerprint density at radius 1 is 1.41 bits per heavy atom. The molecule has 0 bridgehead atoms. The highest BCUT2D eigenvalue weighted by molar-refractivity contribution is 7.09. The fourth-order valence-electron chi connectivity index (χ4n) is 1.12. The summed E-state index contributed by atoms with van der Waals surface area (Å²) in [6.07, 6.45) is 0. The van der Waals surface area contributed by atoms with Crippen LogP contribution >= 0.6 is 11.5 Å². The van der Waals surface area contributed by atoms with Crippen LogP contribution in [0.15, 0.2) is 24.3 Å². The van der Waals surface area contributed by atoms with Gasteiger partial charge in [-0.05, 0) is 24.3 Å². The van der Waals surface area contributed by atoms with E-state index in [0.29, 0.717) is 10.9 Å². The summed E-state index contributed by atoms with van der Waals surface area (Å²) in [5, 5.41) is 9.84. The number of carbonyl (C=O) groups excluding carboxylic acids is 1. The Balaban J connectivity index is 1.82. The molecule has 0 fully saturated rings. The number of nitrogens with zero attached hydrogens (tertiary/aromatic N) is 3. The van der Waals surface area contributed by atoms with E-state index in [-0.39, 0.29) is 12.5 Å². The molecule has 7 heteroatoms. The number of hydrogen-bond donors (Lipinski definition) is 1. The summed E-state index contributed by atoms with van der Waals surface area (Å²) in [7, 11) is 0. The summed E-state index contributed by atoms with van der Waals surface area (Å²) >= 11 is 1.02. The van der Waals surface area contributed by atoms with Crippen LogP contribution in [0, 0.1) is 6.92 Å². The van der Waals surface area contributed by atoms with Gasteiger partial charge in [0.2, 0.25) is 5.13 Å². The highest BCUT2D eigenvalue weighted by Gasteiger charge is 2.06. The zero-order valence-electron chi connectivity index (χ0n) is 9.08. The van der Waals surface area contributed by atoms with Crippen LogP contribution in [-0.2, 0) is 4.79 Å². The van der Waals surface area contributed by atoms with E-state index in [1.54, 1.807) is 0 Å². The predicted molar refractivity (Wildman–Crippen MR) is 63.0 cm³/mol. The van der Waals surface area contributed by atoms with Crippen LogP contribution in [0.1, 0.15) is 5.56 Å². The largest absolute Gasteiger partial charge is 0.484 e. The summed E-state index contributed by atoms with van der Waals surface area (Å²) in [6, 6.07) is 7.47. The Morgan fingerprint density at radius 2 is 2.18 bits per heavy atom. The monoisotopic (exact) mass is 250 g/mol. The molecular formula is C10H10N4O2S. The Morgan fingerprint density at radius 3 is 2.82 bits per heavy atom. The van der Waals surface area contributed by atoms with E-state index in [1.807, 2.05) is 31.2 Å².